The molecule has 0 aromatic heterocycles. The van der Waals surface area contributed by atoms with Crippen LogP contribution in [0.15, 0.2) is 48.5 Å². The Morgan fingerprint density at radius 1 is 0.966 bits per heavy atom. The third kappa shape index (κ3) is 6.67. The molecule has 154 valence electrons. The van der Waals surface area contributed by atoms with Crippen molar-refractivity contribution in [2.75, 3.05) is 7.11 Å². The maximum absolute atomic E-state index is 14.0. The SMILES string of the molecule is COC(=O)[C@H](Cc1ccccc1F)NC(=O)[C@H](Cc1cccc(F)c1)NC(C)=O. The number of hydrogen-bond acceptors (Lipinski definition) is 4. The average Bonchev–Trinajstić information content (AvgIpc) is 2.67. The maximum Gasteiger partial charge on any atom is 0.328 e. The first-order valence-electron chi connectivity index (χ1n) is 8.93. The molecule has 0 fully saturated rings. The van der Waals surface area contributed by atoms with Gasteiger partial charge in [-0.15, -0.1) is 0 Å². The summed E-state index contributed by atoms with van der Waals surface area (Å²) in [5.41, 5.74) is 0.715. The lowest BCUT2D eigenvalue weighted by Crippen LogP contribution is -2.53. The molecule has 2 aromatic carbocycles. The van der Waals surface area contributed by atoms with Crippen LogP contribution < -0.4 is 10.6 Å². The van der Waals surface area contributed by atoms with Crippen LogP contribution in [0, 0.1) is 11.6 Å². The molecule has 29 heavy (non-hydrogen) atoms. The monoisotopic (exact) mass is 404 g/mol. The Balaban J connectivity index is 2.19. The molecule has 2 N–H and O–H groups in total. The second-order valence-corrected chi connectivity index (χ2v) is 6.47. The van der Waals surface area contributed by atoms with Gasteiger partial charge in [0.1, 0.15) is 23.7 Å². The molecular formula is C21H22F2N2O4. The average molecular weight is 404 g/mol. The van der Waals surface area contributed by atoms with E-state index in [-0.39, 0.29) is 18.4 Å². The van der Waals surface area contributed by atoms with Gasteiger partial charge in [-0.2, -0.15) is 0 Å². The number of hydrogen-bond donors (Lipinski definition) is 2. The maximum atomic E-state index is 14.0. The molecule has 0 spiro atoms. The van der Waals surface area contributed by atoms with Crippen LogP contribution in [0.25, 0.3) is 0 Å². The van der Waals surface area contributed by atoms with E-state index >= 15 is 0 Å². The van der Waals surface area contributed by atoms with Gasteiger partial charge in [0.25, 0.3) is 0 Å². The van der Waals surface area contributed by atoms with Gasteiger partial charge in [-0.05, 0) is 29.3 Å². The highest BCUT2D eigenvalue weighted by Gasteiger charge is 2.28. The molecule has 0 radical (unpaired) electrons. The quantitative estimate of drug-likeness (QED) is 0.659. The van der Waals surface area contributed by atoms with Crippen LogP contribution in [0.5, 0.6) is 0 Å². The lowest BCUT2D eigenvalue weighted by Gasteiger charge is -2.22. The molecule has 0 aliphatic heterocycles. The fraction of sp³-hybridized carbons (Fsp3) is 0.286. The van der Waals surface area contributed by atoms with Gasteiger partial charge in [0.2, 0.25) is 11.8 Å². The van der Waals surface area contributed by atoms with Crippen molar-refractivity contribution in [3.63, 3.8) is 0 Å². The zero-order chi connectivity index (χ0) is 21.4. The number of carbonyl (C=O) groups excluding carboxylic acids is 3. The summed E-state index contributed by atoms with van der Waals surface area (Å²) in [5, 5.41) is 4.98. The Morgan fingerprint density at radius 3 is 2.31 bits per heavy atom. The highest BCUT2D eigenvalue weighted by molar-refractivity contribution is 5.90. The minimum absolute atomic E-state index is 0.0107. The molecule has 2 atom stereocenters. The van der Waals surface area contributed by atoms with Crippen molar-refractivity contribution in [3.8, 4) is 0 Å². The normalized spacial score (nSPS) is 12.6. The number of amides is 2. The first-order valence-corrected chi connectivity index (χ1v) is 8.93. The van der Waals surface area contributed by atoms with Crippen LogP contribution in [-0.2, 0) is 32.0 Å². The summed E-state index contributed by atoms with van der Waals surface area (Å²) in [4.78, 5) is 36.4. The molecular weight excluding hydrogens is 382 g/mol. The zero-order valence-electron chi connectivity index (χ0n) is 16.1. The second kappa shape index (κ2) is 10.3. The smallest absolute Gasteiger partial charge is 0.328 e. The molecule has 0 heterocycles. The summed E-state index contributed by atoms with van der Waals surface area (Å²) in [6, 6.07) is 9.26. The Hall–Kier alpha value is -3.29. The van der Waals surface area contributed by atoms with Gasteiger partial charge in [-0.1, -0.05) is 30.3 Å². The van der Waals surface area contributed by atoms with Crippen molar-refractivity contribution in [1.82, 2.24) is 10.6 Å². The van der Waals surface area contributed by atoms with Gasteiger partial charge in [0.15, 0.2) is 0 Å². The van der Waals surface area contributed by atoms with E-state index in [1.807, 2.05) is 0 Å². The van der Waals surface area contributed by atoms with Gasteiger partial charge in [-0.25, -0.2) is 13.6 Å². The Labute approximate surface area is 167 Å². The summed E-state index contributed by atoms with van der Waals surface area (Å²) in [5.74, 6) is -2.89. The lowest BCUT2D eigenvalue weighted by molar-refractivity contribution is -0.145. The van der Waals surface area contributed by atoms with E-state index in [0.29, 0.717) is 5.56 Å². The number of rotatable bonds is 8. The van der Waals surface area contributed by atoms with Crippen molar-refractivity contribution in [2.45, 2.75) is 31.8 Å². The van der Waals surface area contributed by atoms with E-state index < -0.39 is 41.5 Å². The molecule has 0 unspecified atom stereocenters. The predicted octanol–water partition coefficient (Wildman–Crippen LogP) is 1.91. The third-order valence-corrected chi connectivity index (χ3v) is 4.21. The van der Waals surface area contributed by atoms with E-state index in [2.05, 4.69) is 10.6 Å². The first kappa shape index (κ1) is 22.0. The third-order valence-electron chi connectivity index (χ3n) is 4.21. The molecule has 2 amide bonds. The summed E-state index contributed by atoms with van der Waals surface area (Å²) in [6.07, 6.45) is -0.116. The number of ether oxygens (including phenoxy) is 1. The molecule has 0 bridgehead atoms. The summed E-state index contributed by atoms with van der Waals surface area (Å²) >= 11 is 0. The van der Waals surface area contributed by atoms with Gasteiger partial charge < -0.3 is 15.4 Å². The number of nitrogens with one attached hydrogen (secondary N) is 2. The van der Waals surface area contributed by atoms with Gasteiger partial charge >= 0.3 is 5.97 Å². The zero-order valence-corrected chi connectivity index (χ0v) is 16.1. The van der Waals surface area contributed by atoms with Crippen LogP contribution in [0.4, 0.5) is 8.78 Å². The standard InChI is InChI=1S/C21H22F2N2O4/c1-13(26)24-18(11-14-6-5-8-16(22)10-14)20(27)25-19(21(28)29-2)12-15-7-3-4-9-17(15)23/h3-10,18-19H,11-12H2,1-2H3,(H,24,26)(H,25,27)/t18-,19-/m0/s1. The van der Waals surface area contributed by atoms with Crippen molar-refractivity contribution in [1.29, 1.82) is 0 Å². The highest BCUT2D eigenvalue weighted by Crippen LogP contribution is 2.11. The topological polar surface area (TPSA) is 84.5 Å². The van der Waals surface area contributed by atoms with Crippen LogP contribution in [0.1, 0.15) is 18.1 Å². The highest BCUT2D eigenvalue weighted by atomic mass is 19.1. The second-order valence-electron chi connectivity index (χ2n) is 6.47. The van der Waals surface area contributed by atoms with Crippen LogP contribution in [-0.4, -0.2) is 37.0 Å². The Kier molecular flexibility index (Phi) is 7.82. The van der Waals surface area contributed by atoms with Crippen LogP contribution in [0.2, 0.25) is 0 Å². The van der Waals surface area contributed by atoms with E-state index in [1.165, 1.54) is 43.3 Å². The molecule has 0 saturated carbocycles. The van der Waals surface area contributed by atoms with E-state index in [1.54, 1.807) is 12.1 Å². The van der Waals surface area contributed by atoms with E-state index in [0.717, 1.165) is 7.11 Å². The molecule has 8 heteroatoms. The molecule has 0 saturated heterocycles. The van der Waals surface area contributed by atoms with E-state index in [4.69, 9.17) is 4.74 Å². The van der Waals surface area contributed by atoms with Crippen molar-refractivity contribution in [2.24, 2.45) is 0 Å². The molecule has 2 aromatic rings. The molecule has 0 aliphatic carbocycles. The molecule has 2 rings (SSSR count). The minimum Gasteiger partial charge on any atom is -0.467 e. The van der Waals surface area contributed by atoms with Gasteiger partial charge in [-0.3, -0.25) is 9.59 Å². The number of esters is 1. The van der Waals surface area contributed by atoms with Gasteiger partial charge in [0, 0.05) is 19.8 Å². The van der Waals surface area contributed by atoms with Crippen LogP contribution >= 0.6 is 0 Å². The number of methoxy groups -OCH3 is 1. The summed E-state index contributed by atoms with van der Waals surface area (Å²) in [6.45, 7) is 1.24. The largest absolute Gasteiger partial charge is 0.467 e. The summed E-state index contributed by atoms with van der Waals surface area (Å²) < 4.78 is 32.1. The van der Waals surface area contributed by atoms with Gasteiger partial charge in [0.05, 0.1) is 7.11 Å². The molecule has 6 nitrogen and oxygen atoms in total. The summed E-state index contributed by atoms with van der Waals surface area (Å²) in [7, 11) is 1.15. The van der Waals surface area contributed by atoms with Crippen molar-refractivity contribution < 1.29 is 27.9 Å². The minimum atomic E-state index is -1.16. The fourth-order valence-electron chi connectivity index (χ4n) is 2.85. The number of carbonyl (C=O) groups is 3. The van der Waals surface area contributed by atoms with E-state index in [9.17, 15) is 23.2 Å². The fourth-order valence-corrected chi connectivity index (χ4v) is 2.85. The van der Waals surface area contributed by atoms with Crippen molar-refractivity contribution in [3.05, 3.63) is 71.3 Å². The predicted molar refractivity (Wildman–Crippen MR) is 102 cm³/mol. The number of benzene rings is 2. The van der Waals surface area contributed by atoms with Crippen molar-refractivity contribution >= 4 is 17.8 Å². The number of halogens is 2. The first-order chi connectivity index (χ1) is 13.8. The lowest BCUT2D eigenvalue weighted by atomic mass is 10.0. The molecule has 0 aliphatic rings. The Bertz CT molecular complexity index is 888. The van der Waals surface area contributed by atoms with Crippen LogP contribution in [0.3, 0.4) is 0 Å². The Morgan fingerprint density at radius 2 is 1.69 bits per heavy atom.